The number of hydrogen-bond donors (Lipinski definition) is 3. The van der Waals surface area contributed by atoms with E-state index in [0.717, 1.165) is 0 Å². The van der Waals surface area contributed by atoms with E-state index in [0.29, 0.717) is 38.7 Å². The summed E-state index contributed by atoms with van der Waals surface area (Å²) in [5.74, 6) is 0. The average molecular weight is 248 g/mol. The highest BCUT2D eigenvalue weighted by molar-refractivity contribution is 4.72. The zero-order valence-electron chi connectivity index (χ0n) is 11.3. The fourth-order valence-electron chi connectivity index (χ4n) is 1.59. The van der Waals surface area contributed by atoms with Crippen LogP contribution in [0.2, 0.25) is 0 Å². The summed E-state index contributed by atoms with van der Waals surface area (Å²) in [4.78, 5) is 0. The van der Waals surface area contributed by atoms with E-state index in [-0.39, 0.29) is 12.2 Å². The van der Waals surface area contributed by atoms with Gasteiger partial charge in [-0.15, -0.1) is 0 Å². The summed E-state index contributed by atoms with van der Waals surface area (Å²) in [6, 6.07) is 0. The molecule has 0 radical (unpaired) electrons. The van der Waals surface area contributed by atoms with Crippen molar-refractivity contribution in [3.8, 4) is 0 Å². The highest BCUT2D eigenvalue weighted by Crippen LogP contribution is 2.13. The Morgan fingerprint density at radius 3 is 1.94 bits per heavy atom. The summed E-state index contributed by atoms with van der Waals surface area (Å²) in [5.41, 5.74) is 0. The van der Waals surface area contributed by atoms with Gasteiger partial charge in [0.25, 0.3) is 0 Å². The monoisotopic (exact) mass is 248 g/mol. The Morgan fingerprint density at radius 1 is 0.882 bits per heavy atom. The first-order valence-electron chi connectivity index (χ1n) is 6.70. The summed E-state index contributed by atoms with van der Waals surface area (Å²) in [5, 5.41) is 28.8. The first-order valence-corrected chi connectivity index (χ1v) is 6.70. The molecule has 4 atom stereocenters. The molecule has 0 aromatic carbocycles. The highest BCUT2D eigenvalue weighted by Gasteiger charge is 2.21. The van der Waals surface area contributed by atoms with Gasteiger partial charge in [0.1, 0.15) is 0 Å². The molecule has 0 aliphatic heterocycles. The van der Waals surface area contributed by atoms with Crippen molar-refractivity contribution in [1.82, 2.24) is 0 Å². The van der Waals surface area contributed by atoms with E-state index in [1.807, 2.05) is 20.8 Å². The molecule has 0 aliphatic rings. The maximum atomic E-state index is 9.79. The van der Waals surface area contributed by atoms with Crippen LogP contribution in [0.3, 0.4) is 0 Å². The predicted molar refractivity (Wildman–Crippen MR) is 67.9 cm³/mol. The molecule has 0 spiro atoms. The highest BCUT2D eigenvalue weighted by atomic mass is 16.5. The zero-order valence-corrected chi connectivity index (χ0v) is 11.3. The molecule has 0 heterocycles. The van der Waals surface area contributed by atoms with Crippen LogP contribution in [0.1, 0.15) is 52.9 Å². The van der Waals surface area contributed by atoms with E-state index in [1.54, 1.807) is 0 Å². The third kappa shape index (κ3) is 7.71. The van der Waals surface area contributed by atoms with Gasteiger partial charge in [0, 0.05) is 13.0 Å². The van der Waals surface area contributed by atoms with Crippen LogP contribution >= 0.6 is 0 Å². The van der Waals surface area contributed by atoms with Crippen molar-refractivity contribution < 1.29 is 20.1 Å². The molecular formula is C13H28O4. The molecular weight excluding hydrogens is 220 g/mol. The largest absolute Gasteiger partial charge is 0.393 e. The number of rotatable bonds is 10. The summed E-state index contributed by atoms with van der Waals surface area (Å²) in [6.45, 7) is 6.14. The second kappa shape index (κ2) is 9.83. The molecule has 0 aromatic rings. The van der Waals surface area contributed by atoms with E-state index in [1.165, 1.54) is 0 Å². The minimum Gasteiger partial charge on any atom is -0.393 e. The zero-order chi connectivity index (χ0) is 13.3. The third-order valence-corrected chi connectivity index (χ3v) is 3.08. The lowest BCUT2D eigenvalue weighted by Gasteiger charge is -2.25. The Hall–Kier alpha value is -0.160. The molecule has 0 rings (SSSR count). The number of ether oxygens (including phenoxy) is 1. The topological polar surface area (TPSA) is 69.9 Å². The van der Waals surface area contributed by atoms with Crippen molar-refractivity contribution in [3.63, 3.8) is 0 Å². The molecule has 0 bridgehead atoms. The van der Waals surface area contributed by atoms with Gasteiger partial charge < -0.3 is 20.1 Å². The fraction of sp³-hybridized carbons (Fsp3) is 1.00. The van der Waals surface area contributed by atoms with Crippen LogP contribution in [-0.4, -0.2) is 46.3 Å². The SMILES string of the molecule is CCC(O)CCOC(CC(O)CC)C(O)CC. The summed E-state index contributed by atoms with van der Waals surface area (Å²) >= 11 is 0. The van der Waals surface area contributed by atoms with Crippen LogP contribution in [0, 0.1) is 0 Å². The molecule has 0 saturated carbocycles. The third-order valence-electron chi connectivity index (χ3n) is 3.08. The Balaban J connectivity index is 4.01. The summed E-state index contributed by atoms with van der Waals surface area (Å²) < 4.78 is 5.57. The molecule has 4 nitrogen and oxygen atoms in total. The number of aliphatic hydroxyl groups is 3. The normalized spacial score (nSPS) is 18.7. The van der Waals surface area contributed by atoms with Gasteiger partial charge in [-0.3, -0.25) is 0 Å². The molecule has 4 heteroatoms. The van der Waals surface area contributed by atoms with Gasteiger partial charge in [0.05, 0.1) is 24.4 Å². The molecule has 17 heavy (non-hydrogen) atoms. The van der Waals surface area contributed by atoms with E-state index < -0.39 is 12.2 Å². The van der Waals surface area contributed by atoms with Crippen molar-refractivity contribution in [2.45, 2.75) is 77.3 Å². The maximum absolute atomic E-state index is 9.79. The van der Waals surface area contributed by atoms with Gasteiger partial charge in [-0.05, 0) is 25.7 Å². The van der Waals surface area contributed by atoms with E-state index in [9.17, 15) is 15.3 Å². The lowest BCUT2D eigenvalue weighted by Crippen LogP contribution is -2.33. The van der Waals surface area contributed by atoms with E-state index >= 15 is 0 Å². The first-order chi connectivity index (χ1) is 8.04. The first kappa shape index (κ1) is 16.8. The quantitative estimate of drug-likeness (QED) is 0.547. The van der Waals surface area contributed by atoms with Crippen LogP contribution in [-0.2, 0) is 4.74 Å². The Bertz CT molecular complexity index is 175. The molecule has 0 aromatic heterocycles. The fourth-order valence-corrected chi connectivity index (χ4v) is 1.59. The van der Waals surface area contributed by atoms with Gasteiger partial charge in [-0.25, -0.2) is 0 Å². The van der Waals surface area contributed by atoms with Crippen molar-refractivity contribution >= 4 is 0 Å². The van der Waals surface area contributed by atoms with E-state index in [2.05, 4.69) is 0 Å². The van der Waals surface area contributed by atoms with Gasteiger partial charge in [0.15, 0.2) is 0 Å². The van der Waals surface area contributed by atoms with Crippen LogP contribution in [0.15, 0.2) is 0 Å². The Kier molecular flexibility index (Phi) is 9.74. The van der Waals surface area contributed by atoms with E-state index in [4.69, 9.17) is 4.74 Å². The van der Waals surface area contributed by atoms with Crippen LogP contribution < -0.4 is 0 Å². The van der Waals surface area contributed by atoms with Crippen molar-refractivity contribution in [1.29, 1.82) is 0 Å². The van der Waals surface area contributed by atoms with Gasteiger partial charge in [-0.1, -0.05) is 20.8 Å². The molecule has 0 aliphatic carbocycles. The molecule has 0 amide bonds. The second-order valence-corrected chi connectivity index (χ2v) is 4.53. The second-order valence-electron chi connectivity index (χ2n) is 4.53. The van der Waals surface area contributed by atoms with Crippen molar-refractivity contribution in [3.05, 3.63) is 0 Å². The van der Waals surface area contributed by atoms with Crippen LogP contribution in [0.4, 0.5) is 0 Å². The molecule has 104 valence electrons. The summed E-state index contributed by atoms with van der Waals surface area (Å²) in [7, 11) is 0. The minimum absolute atomic E-state index is 0.334. The lowest BCUT2D eigenvalue weighted by atomic mass is 10.0. The minimum atomic E-state index is -0.546. The smallest absolute Gasteiger partial charge is 0.0858 e. The lowest BCUT2D eigenvalue weighted by molar-refractivity contribution is -0.0676. The molecule has 0 saturated heterocycles. The van der Waals surface area contributed by atoms with Crippen molar-refractivity contribution in [2.24, 2.45) is 0 Å². The van der Waals surface area contributed by atoms with Gasteiger partial charge >= 0.3 is 0 Å². The molecule has 4 unspecified atom stereocenters. The van der Waals surface area contributed by atoms with Gasteiger partial charge in [-0.2, -0.15) is 0 Å². The standard InChI is InChI=1S/C13H28O4/c1-4-10(14)7-8-17-13(12(16)6-3)9-11(15)5-2/h10-16H,4-9H2,1-3H3. The maximum Gasteiger partial charge on any atom is 0.0858 e. The average Bonchev–Trinajstić information content (AvgIpc) is 2.35. The van der Waals surface area contributed by atoms with Crippen molar-refractivity contribution in [2.75, 3.05) is 6.61 Å². The predicted octanol–water partition coefficient (Wildman–Crippen LogP) is 1.46. The molecule has 0 fully saturated rings. The Labute approximate surface area is 105 Å². The molecule has 3 N–H and O–H groups in total. The number of aliphatic hydroxyl groups excluding tert-OH is 3. The summed E-state index contributed by atoms with van der Waals surface area (Å²) in [6.07, 6.45) is 1.35. The number of hydrogen-bond acceptors (Lipinski definition) is 4. The Morgan fingerprint density at radius 2 is 1.47 bits per heavy atom. The van der Waals surface area contributed by atoms with Crippen LogP contribution in [0.5, 0.6) is 0 Å². The van der Waals surface area contributed by atoms with Crippen LogP contribution in [0.25, 0.3) is 0 Å². The van der Waals surface area contributed by atoms with Gasteiger partial charge in [0.2, 0.25) is 0 Å².